The third-order valence-electron chi connectivity index (χ3n) is 3.85. The number of rotatable bonds is 4. The molecule has 1 aliphatic heterocycles. The van der Waals surface area contributed by atoms with E-state index in [0.29, 0.717) is 12.3 Å². The maximum atomic E-state index is 12.2. The maximum Gasteiger partial charge on any atom is 0.226 e. The SMILES string of the molecule is Cc1nc(-c2cccc(NC(=O)CC3CSCCN3)c2)oc1C.Cl. The van der Waals surface area contributed by atoms with Crippen molar-refractivity contribution in [1.82, 2.24) is 10.3 Å². The molecule has 1 aromatic heterocycles. The molecule has 7 heteroatoms. The number of halogens is 1. The molecule has 1 aromatic carbocycles. The van der Waals surface area contributed by atoms with Gasteiger partial charge in [-0.1, -0.05) is 6.07 Å². The van der Waals surface area contributed by atoms with Gasteiger partial charge in [-0.25, -0.2) is 4.98 Å². The van der Waals surface area contributed by atoms with E-state index in [1.807, 2.05) is 49.9 Å². The van der Waals surface area contributed by atoms with Crippen LogP contribution in [0, 0.1) is 13.8 Å². The number of nitrogens with zero attached hydrogens (tertiary/aromatic N) is 1. The summed E-state index contributed by atoms with van der Waals surface area (Å²) in [5.74, 6) is 3.54. The van der Waals surface area contributed by atoms with Crippen molar-refractivity contribution in [3.63, 3.8) is 0 Å². The third kappa shape index (κ3) is 4.75. The topological polar surface area (TPSA) is 67.2 Å². The van der Waals surface area contributed by atoms with Crippen LogP contribution in [0.5, 0.6) is 0 Å². The summed E-state index contributed by atoms with van der Waals surface area (Å²) in [5.41, 5.74) is 2.52. The summed E-state index contributed by atoms with van der Waals surface area (Å²) in [6, 6.07) is 7.86. The van der Waals surface area contributed by atoms with Crippen LogP contribution >= 0.6 is 24.2 Å². The van der Waals surface area contributed by atoms with Crippen LogP contribution in [0.2, 0.25) is 0 Å². The molecule has 0 saturated carbocycles. The number of carbonyl (C=O) groups excluding carboxylic acids is 1. The smallest absolute Gasteiger partial charge is 0.226 e. The zero-order chi connectivity index (χ0) is 16.2. The minimum Gasteiger partial charge on any atom is -0.441 e. The number of aromatic nitrogens is 1. The molecular weight excluding hydrogens is 346 g/mol. The molecule has 1 atom stereocenters. The number of aryl methyl sites for hydroxylation is 2. The van der Waals surface area contributed by atoms with Gasteiger partial charge in [-0.3, -0.25) is 4.79 Å². The fourth-order valence-electron chi connectivity index (χ4n) is 2.51. The Balaban J connectivity index is 0.00000208. The summed E-state index contributed by atoms with van der Waals surface area (Å²) in [5, 5.41) is 6.34. The van der Waals surface area contributed by atoms with E-state index >= 15 is 0 Å². The second-order valence-electron chi connectivity index (χ2n) is 5.72. The van der Waals surface area contributed by atoms with Crippen molar-refractivity contribution in [3.05, 3.63) is 35.7 Å². The maximum absolute atomic E-state index is 12.2. The van der Waals surface area contributed by atoms with Crippen LogP contribution in [0.3, 0.4) is 0 Å². The summed E-state index contributed by atoms with van der Waals surface area (Å²) in [4.78, 5) is 16.6. The number of amides is 1. The van der Waals surface area contributed by atoms with E-state index in [2.05, 4.69) is 15.6 Å². The first-order chi connectivity index (χ1) is 11.1. The molecule has 2 aromatic rings. The van der Waals surface area contributed by atoms with E-state index in [-0.39, 0.29) is 24.4 Å². The average molecular weight is 368 g/mol. The van der Waals surface area contributed by atoms with Crippen LogP contribution < -0.4 is 10.6 Å². The average Bonchev–Trinajstić information content (AvgIpc) is 2.88. The van der Waals surface area contributed by atoms with E-state index < -0.39 is 0 Å². The molecule has 2 N–H and O–H groups in total. The first-order valence-electron chi connectivity index (χ1n) is 7.77. The molecule has 2 heterocycles. The number of oxazole rings is 1. The third-order valence-corrected chi connectivity index (χ3v) is 4.98. The molecule has 1 fully saturated rings. The molecule has 0 radical (unpaired) electrons. The Kier molecular flexibility index (Phi) is 6.71. The molecular formula is C17H22ClN3O2S. The molecule has 24 heavy (non-hydrogen) atoms. The van der Waals surface area contributed by atoms with Gasteiger partial charge in [-0.2, -0.15) is 11.8 Å². The van der Waals surface area contributed by atoms with E-state index in [4.69, 9.17) is 4.42 Å². The summed E-state index contributed by atoms with van der Waals surface area (Å²) in [7, 11) is 0. The van der Waals surface area contributed by atoms with Crippen LogP contribution in [0.25, 0.3) is 11.5 Å². The van der Waals surface area contributed by atoms with Gasteiger partial charge in [0.1, 0.15) is 5.76 Å². The fourth-order valence-corrected chi connectivity index (χ4v) is 3.46. The van der Waals surface area contributed by atoms with Gasteiger partial charge >= 0.3 is 0 Å². The number of hydrogen-bond donors (Lipinski definition) is 2. The number of nitrogens with one attached hydrogen (secondary N) is 2. The number of carbonyl (C=O) groups is 1. The lowest BCUT2D eigenvalue weighted by molar-refractivity contribution is -0.116. The van der Waals surface area contributed by atoms with Crippen LogP contribution in [0.15, 0.2) is 28.7 Å². The first-order valence-corrected chi connectivity index (χ1v) is 8.93. The molecule has 0 bridgehead atoms. The predicted molar refractivity (Wildman–Crippen MR) is 101 cm³/mol. The Morgan fingerprint density at radius 3 is 2.96 bits per heavy atom. The van der Waals surface area contributed by atoms with Crippen molar-refractivity contribution >= 4 is 35.8 Å². The van der Waals surface area contributed by atoms with Crippen LogP contribution in [-0.2, 0) is 4.79 Å². The highest BCUT2D eigenvalue weighted by Crippen LogP contribution is 2.24. The van der Waals surface area contributed by atoms with E-state index in [9.17, 15) is 4.79 Å². The number of anilines is 1. The van der Waals surface area contributed by atoms with Gasteiger partial charge in [0, 0.05) is 41.8 Å². The summed E-state index contributed by atoms with van der Waals surface area (Å²) >= 11 is 1.89. The van der Waals surface area contributed by atoms with Crippen molar-refractivity contribution in [2.24, 2.45) is 0 Å². The van der Waals surface area contributed by atoms with Crippen molar-refractivity contribution in [2.45, 2.75) is 26.3 Å². The zero-order valence-corrected chi connectivity index (χ0v) is 15.4. The molecule has 1 aliphatic rings. The molecule has 0 spiro atoms. The molecule has 1 amide bonds. The standard InChI is InChI=1S/C17H21N3O2S.ClH/c1-11-12(2)22-17(19-11)13-4-3-5-14(8-13)20-16(21)9-15-10-23-7-6-18-15;/h3-5,8,15,18H,6-7,9-10H2,1-2H3,(H,20,21);1H. The normalized spacial score (nSPS) is 17.2. The largest absolute Gasteiger partial charge is 0.441 e. The Labute approximate surface area is 152 Å². The molecule has 130 valence electrons. The van der Waals surface area contributed by atoms with Gasteiger partial charge in [0.15, 0.2) is 0 Å². The fraction of sp³-hybridized carbons (Fsp3) is 0.412. The number of thioether (sulfide) groups is 1. The van der Waals surface area contributed by atoms with Gasteiger partial charge < -0.3 is 15.1 Å². The Morgan fingerprint density at radius 2 is 2.29 bits per heavy atom. The van der Waals surface area contributed by atoms with Crippen molar-refractivity contribution in [3.8, 4) is 11.5 Å². The highest BCUT2D eigenvalue weighted by atomic mass is 35.5. The van der Waals surface area contributed by atoms with Crippen molar-refractivity contribution in [2.75, 3.05) is 23.4 Å². The van der Waals surface area contributed by atoms with E-state index in [1.54, 1.807) is 0 Å². The van der Waals surface area contributed by atoms with Gasteiger partial charge in [-0.05, 0) is 32.0 Å². The van der Waals surface area contributed by atoms with Gasteiger partial charge in [-0.15, -0.1) is 12.4 Å². The van der Waals surface area contributed by atoms with Crippen LogP contribution in [0.4, 0.5) is 5.69 Å². The second-order valence-corrected chi connectivity index (χ2v) is 6.87. The Morgan fingerprint density at radius 1 is 1.46 bits per heavy atom. The zero-order valence-electron chi connectivity index (χ0n) is 13.8. The number of hydrogen-bond acceptors (Lipinski definition) is 5. The predicted octanol–water partition coefficient (Wildman–Crippen LogP) is 3.41. The lowest BCUT2D eigenvalue weighted by atomic mass is 10.2. The molecule has 3 rings (SSSR count). The van der Waals surface area contributed by atoms with Crippen LogP contribution in [0.1, 0.15) is 17.9 Å². The lowest BCUT2D eigenvalue weighted by Gasteiger charge is -2.22. The monoisotopic (exact) mass is 367 g/mol. The summed E-state index contributed by atoms with van der Waals surface area (Å²) in [6.07, 6.45) is 0.494. The minimum atomic E-state index is 0. The van der Waals surface area contributed by atoms with E-state index in [1.165, 1.54) is 0 Å². The first kappa shape index (κ1) is 18.8. The second kappa shape index (κ2) is 8.55. The van der Waals surface area contributed by atoms with Crippen molar-refractivity contribution in [1.29, 1.82) is 0 Å². The lowest BCUT2D eigenvalue weighted by Crippen LogP contribution is -2.39. The molecule has 5 nitrogen and oxygen atoms in total. The van der Waals surface area contributed by atoms with E-state index in [0.717, 1.165) is 40.8 Å². The molecule has 0 aliphatic carbocycles. The summed E-state index contributed by atoms with van der Waals surface area (Å²) in [6.45, 7) is 4.79. The van der Waals surface area contributed by atoms with Gasteiger partial charge in [0.25, 0.3) is 0 Å². The molecule has 1 saturated heterocycles. The van der Waals surface area contributed by atoms with Gasteiger partial charge in [0.05, 0.1) is 5.69 Å². The summed E-state index contributed by atoms with van der Waals surface area (Å²) < 4.78 is 5.65. The highest BCUT2D eigenvalue weighted by molar-refractivity contribution is 7.99. The highest BCUT2D eigenvalue weighted by Gasteiger charge is 2.17. The molecule has 1 unspecified atom stereocenters. The van der Waals surface area contributed by atoms with Crippen molar-refractivity contribution < 1.29 is 9.21 Å². The Hall–Kier alpha value is -1.50. The minimum absolute atomic E-state index is 0. The van der Waals surface area contributed by atoms with Crippen LogP contribution in [-0.4, -0.2) is 35.0 Å². The van der Waals surface area contributed by atoms with Gasteiger partial charge in [0.2, 0.25) is 11.8 Å². The quantitative estimate of drug-likeness (QED) is 0.866. The number of benzene rings is 1. The Bertz CT molecular complexity index is 679.